The van der Waals surface area contributed by atoms with Gasteiger partial charge < -0.3 is 9.47 Å². The molecular weight excluding hydrogens is 308 g/mol. The van der Waals surface area contributed by atoms with Crippen molar-refractivity contribution in [2.75, 3.05) is 0 Å². The maximum Gasteiger partial charge on any atom is 0.334 e. The lowest BCUT2D eigenvalue weighted by atomic mass is 9.83. The molecule has 122 valence electrons. The number of rotatable bonds is 1. The van der Waals surface area contributed by atoms with E-state index in [4.69, 9.17) is 9.47 Å². The monoisotopic (exact) mass is 330 g/mol. The van der Waals surface area contributed by atoms with Gasteiger partial charge in [-0.3, -0.25) is 0 Å². The van der Waals surface area contributed by atoms with Gasteiger partial charge in [-0.05, 0) is 68.0 Å². The van der Waals surface area contributed by atoms with Gasteiger partial charge >= 0.3 is 5.97 Å². The van der Waals surface area contributed by atoms with E-state index in [-0.39, 0.29) is 29.7 Å². The van der Waals surface area contributed by atoms with Gasteiger partial charge in [-0.25, -0.2) is 4.79 Å². The molecule has 0 bridgehead atoms. The van der Waals surface area contributed by atoms with Crippen LogP contribution in [0.3, 0.4) is 0 Å². The first-order valence-electron chi connectivity index (χ1n) is 8.35. The number of hydrogen-bond acceptors (Lipinski definition) is 4. The highest BCUT2D eigenvalue weighted by Crippen LogP contribution is 2.50. The third-order valence-corrected chi connectivity index (χ3v) is 6.06. The summed E-state index contributed by atoms with van der Waals surface area (Å²) in [5, 5.41) is 4.10. The summed E-state index contributed by atoms with van der Waals surface area (Å²) < 4.78 is 11.8. The number of thiophene rings is 1. The number of allylic oxidation sites excluding steroid dienone is 2. The zero-order chi connectivity index (χ0) is 16.0. The van der Waals surface area contributed by atoms with E-state index in [2.05, 4.69) is 25.3 Å². The minimum Gasteiger partial charge on any atom is -0.455 e. The zero-order valence-corrected chi connectivity index (χ0v) is 14.4. The SMILES string of the molecule is CC1=CCC[C@@]2(C)O[C@@H]2[C@H]2OC(=O)/C(=C/c3ccsc3)[C@@H]2CC1. The second-order valence-corrected chi connectivity index (χ2v) is 7.89. The van der Waals surface area contributed by atoms with Crippen LogP contribution in [0.15, 0.2) is 34.0 Å². The highest BCUT2D eigenvalue weighted by Gasteiger charge is 2.61. The molecule has 3 heterocycles. The normalized spacial score (nSPS) is 38.5. The van der Waals surface area contributed by atoms with E-state index in [0.29, 0.717) is 0 Å². The Morgan fingerprint density at radius 1 is 1.43 bits per heavy atom. The Hall–Kier alpha value is -1.39. The van der Waals surface area contributed by atoms with E-state index in [1.165, 1.54) is 5.57 Å². The van der Waals surface area contributed by atoms with Crippen molar-refractivity contribution >= 4 is 23.4 Å². The second-order valence-electron chi connectivity index (χ2n) is 7.11. The lowest BCUT2D eigenvalue weighted by molar-refractivity contribution is -0.139. The van der Waals surface area contributed by atoms with Crippen LogP contribution in [-0.2, 0) is 14.3 Å². The summed E-state index contributed by atoms with van der Waals surface area (Å²) in [7, 11) is 0. The molecule has 0 amide bonds. The quantitative estimate of drug-likeness (QED) is 0.332. The second kappa shape index (κ2) is 5.60. The number of carbonyl (C=O) groups is 1. The molecule has 3 nitrogen and oxygen atoms in total. The first-order valence-corrected chi connectivity index (χ1v) is 9.29. The number of hydrogen-bond donors (Lipinski definition) is 0. The minimum atomic E-state index is -0.162. The molecule has 0 unspecified atom stereocenters. The topological polar surface area (TPSA) is 38.8 Å². The smallest absolute Gasteiger partial charge is 0.334 e. The maximum absolute atomic E-state index is 12.5. The molecule has 4 atom stereocenters. The van der Waals surface area contributed by atoms with Gasteiger partial charge in [0.2, 0.25) is 0 Å². The number of ether oxygens (including phenoxy) is 2. The molecule has 0 radical (unpaired) electrons. The fraction of sp³-hybridized carbons (Fsp3) is 0.526. The lowest BCUT2D eigenvalue weighted by Crippen LogP contribution is -2.28. The van der Waals surface area contributed by atoms with Crippen LogP contribution in [0, 0.1) is 5.92 Å². The predicted octanol–water partition coefficient (Wildman–Crippen LogP) is 4.35. The molecule has 2 saturated heterocycles. The summed E-state index contributed by atoms with van der Waals surface area (Å²) in [6.45, 7) is 4.33. The van der Waals surface area contributed by atoms with E-state index in [0.717, 1.165) is 36.8 Å². The number of carbonyl (C=O) groups excluding carboxylic acids is 1. The molecule has 4 heteroatoms. The van der Waals surface area contributed by atoms with Gasteiger partial charge in [0.05, 0.1) is 5.60 Å². The van der Waals surface area contributed by atoms with E-state index >= 15 is 0 Å². The summed E-state index contributed by atoms with van der Waals surface area (Å²) in [6, 6.07) is 2.04. The van der Waals surface area contributed by atoms with Gasteiger partial charge in [0.1, 0.15) is 12.2 Å². The minimum absolute atomic E-state index is 0.0524. The Balaban J connectivity index is 1.67. The third-order valence-electron chi connectivity index (χ3n) is 5.36. The Morgan fingerprint density at radius 2 is 2.30 bits per heavy atom. The average Bonchev–Trinajstić information content (AvgIpc) is 2.87. The molecule has 0 N–H and O–H groups in total. The van der Waals surface area contributed by atoms with Gasteiger partial charge in [0.25, 0.3) is 0 Å². The molecular formula is C19H22O3S. The van der Waals surface area contributed by atoms with Crippen LogP contribution in [0.25, 0.3) is 6.08 Å². The summed E-state index contributed by atoms with van der Waals surface area (Å²) in [4.78, 5) is 12.5. The zero-order valence-electron chi connectivity index (χ0n) is 13.6. The summed E-state index contributed by atoms with van der Waals surface area (Å²) in [5.41, 5.74) is 3.18. The van der Waals surface area contributed by atoms with Crippen LogP contribution in [-0.4, -0.2) is 23.8 Å². The number of esters is 1. The molecule has 1 aromatic rings. The molecule has 2 fully saturated rings. The van der Waals surface area contributed by atoms with Gasteiger partial charge in [-0.15, -0.1) is 0 Å². The van der Waals surface area contributed by atoms with Crippen molar-refractivity contribution < 1.29 is 14.3 Å². The molecule has 0 aromatic carbocycles. The average molecular weight is 330 g/mol. The van der Waals surface area contributed by atoms with Crippen molar-refractivity contribution in [1.29, 1.82) is 0 Å². The van der Waals surface area contributed by atoms with Crippen molar-refractivity contribution in [1.82, 2.24) is 0 Å². The van der Waals surface area contributed by atoms with Crippen molar-refractivity contribution in [3.8, 4) is 0 Å². The largest absolute Gasteiger partial charge is 0.455 e. The van der Waals surface area contributed by atoms with Crippen molar-refractivity contribution in [2.45, 2.75) is 57.3 Å². The van der Waals surface area contributed by atoms with Crippen LogP contribution in [0.2, 0.25) is 0 Å². The number of fused-ring (bicyclic) bond motifs is 3. The first-order chi connectivity index (χ1) is 11.1. The predicted molar refractivity (Wildman–Crippen MR) is 91.2 cm³/mol. The van der Waals surface area contributed by atoms with E-state index in [9.17, 15) is 4.79 Å². The molecule has 0 spiro atoms. The van der Waals surface area contributed by atoms with Crippen molar-refractivity contribution in [2.24, 2.45) is 5.92 Å². The fourth-order valence-corrected chi connectivity index (χ4v) is 4.48. The molecule has 23 heavy (non-hydrogen) atoms. The van der Waals surface area contributed by atoms with E-state index in [1.54, 1.807) is 11.3 Å². The van der Waals surface area contributed by atoms with Crippen molar-refractivity contribution in [3.05, 3.63) is 39.6 Å². The van der Waals surface area contributed by atoms with Crippen molar-refractivity contribution in [3.63, 3.8) is 0 Å². The molecule has 1 aliphatic carbocycles. The van der Waals surface area contributed by atoms with Gasteiger partial charge in [0.15, 0.2) is 0 Å². The standard InChI is InChI=1S/C19H22O3S/c1-12-4-3-8-19(2)17(22-19)16-14(6-5-12)15(18(20)21-16)10-13-7-9-23-11-13/h4,7,9-11,14,16-17H,3,5-6,8H2,1-2H3/b12-4?,15-10+/t14-,16-,17+,19+/m0/s1. The molecule has 3 aliphatic rings. The van der Waals surface area contributed by atoms with Crippen LogP contribution in [0.1, 0.15) is 45.1 Å². The van der Waals surface area contributed by atoms with Crippen LogP contribution in [0.4, 0.5) is 0 Å². The summed E-state index contributed by atoms with van der Waals surface area (Å²) >= 11 is 1.65. The van der Waals surface area contributed by atoms with Crippen LogP contribution < -0.4 is 0 Å². The first kappa shape index (κ1) is 15.2. The van der Waals surface area contributed by atoms with E-state index < -0.39 is 0 Å². The Labute approximate surface area is 141 Å². The molecule has 1 aromatic heterocycles. The molecule has 0 saturated carbocycles. The Morgan fingerprint density at radius 3 is 3.09 bits per heavy atom. The van der Waals surface area contributed by atoms with E-state index in [1.807, 2.05) is 17.5 Å². The highest BCUT2D eigenvalue weighted by atomic mass is 32.1. The third kappa shape index (κ3) is 2.79. The fourth-order valence-electron chi connectivity index (χ4n) is 3.86. The molecule has 4 rings (SSSR count). The highest BCUT2D eigenvalue weighted by molar-refractivity contribution is 7.08. The van der Waals surface area contributed by atoms with Gasteiger partial charge in [0, 0.05) is 11.5 Å². The lowest BCUT2D eigenvalue weighted by Gasteiger charge is -2.19. The maximum atomic E-state index is 12.5. The molecule has 2 aliphatic heterocycles. The number of epoxide rings is 1. The van der Waals surface area contributed by atoms with Gasteiger partial charge in [-0.1, -0.05) is 11.6 Å². The Kier molecular flexibility index (Phi) is 3.69. The van der Waals surface area contributed by atoms with Crippen LogP contribution >= 0.6 is 11.3 Å². The Bertz CT molecular complexity index is 673. The van der Waals surface area contributed by atoms with Gasteiger partial charge in [-0.2, -0.15) is 11.3 Å². The summed E-state index contributed by atoms with van der Waals surface area (Å²) in [6.07, 6.45) is 8.27. The summed E-state index contributed by atoms with van der Waals surface area (Å²) in [5.74, 6) is -0.0272. The van der Waals surface area contributed by atoms with Crippen LogP contribution in [0.5, 0.6) is 0 Å².